The molecule has 0 unspecified atom stereocenters. The molecule has 0 heterocycles. The monoisotopic (exact) mass is 204 g/mol. The van der Waals surface area contributed by atoms with E-state index in [0.717, 1.165) is 24.7 Å². The second kappa shape index (κ2) is 3.20. The van der Waals surface area contributed by atoms with E-state index in [9.17, 15) is 4.79 Å². The highest BCUT2D eigenvalue weighted by atomic mass is 16.1. The number of Topliss-reactive ketones (excluding diaryl/α,β-unsaturated/α-hetero) is 1. The van der Waals surface area contributed by atoms with Crippen LogP contribution in [0.5, 0.6) is 0 Å². The molecule has 0 N–H and O–H groups in total. The first-order chi connectivity index (χ1) is 7.20. The van der Waals surface area contributed by atoms with Crippen LogP contribution in [0.1, 0.15) is 45.4 Å². The van der Waals surface area contributed by atoms with E-state index in [1.54, 1.807) is 0 Å². The summed E-state index contributed by atoms with van der Waals surface area (Å²) in [6.07, 6.45) is 11.6. The van der Waals surface area contributed by atoms with Crippen molar-refractivity contribution in [1.82, 2.24) is 0 Å². The van der Waals surface area contributed by atoms with Crippen LogP contribution in [0.25, 0.3) is 0 Å². The molecule has 0 aromatic heterocycles. The molecule has 0 saturated heterocycles. The Morgan fingerprint density at radius 2 is 2.13 bits per heavy atom. The van der Waals surface area contributed by atoms with E-state index < -0.39 is 0 Å². The van der Waals surface area contributed by atoms with Crippen molar-refractivity contribution in [3.05, 3.63) is 12.2 Å². The smallest absolute Gasteiger partial charge is 0.133 e. The van der Waals surface area contributed by atoms with Gasteiger partial charge in [-0.3, -0.25) is 4.79 Å². The van der Waals surface area contributed by atoms with Crippen LogP contribution in [0, 0.1) is 23.2 Å². The lowest BCUT2D eigenvalue weighted by atomic mass is 9.55. The Morgan fingerprint density at radius 1 is 1.27 bits per heavy atom. The highest BCUT2D eigenvalue weighted by molar-refractivity contribution is 5.81. The van der Waals surface area contributed by atoms with Crippen LogP contribution in [-0.2, 0) is 4.79 Å². The Kier molecular flexibility index (Phi) is 2.05. The average Bonchev–Trinajstić information content (AvgIpc) is 2.59. The Hall–Kier alpha value is -0.590. The lowest BCUT2D eigenvalue weighted by Crippen LogP contribution is -2.42. The van der Waals surface area contributed by atoms with Crippen molar-refractivity contribution >= 4 is 5.78 Å². The van der Waals surface area contributed by atoms with E-state index in [4.69, 9.17) is 0 Å². The molecule has 0 radical (unpaired) electrons. The number of carbonyl (C=O) groups excluding carboxylic acids is 1. The van der Waals surface area contributed by atoms with Crippen LogP contribution in [0.15, 0.2) is 12.2 Å². The molecule has 0 spiro atoms. The van der Waals surface area contributed by atoms with Crippen LogP contribution in [0.3, 0.4) is 0 Å². The minimum absolute atomic E-state index is 0.448. The molecule has 3 rings (SSSR count). The Bertz CT molecular complexity index is 317. The minimum Gasteiger partial charge on any atom is -0.300 e. The maximum absolute atomic E-state index is 11.6. The molecule has 3 aliphatic rings. The normalized spacial score (nSPS) is 48.9. The summed E-state index contributed by atoms with van der Waals surface area (Å²) in [6.45, 7) is 2.44. The maximum Gasteiger partial charge on any atom is 0.133 e. The average molecular weight is 204 g/mol. The third kappa shape index (κ3) is 1.32. The first-order valence-electron chi connectivity index (χ1n) is 6.37. The molecule has 15 heavy (non-hydrogen) atoms. The molecule has 1 nitrogen and oxygen atoms in total. The number of fused-ring (bicyclic) bond motifs is 3. The standard InChI is InChI=1S/C14H20O/c1-14-7-3-2-4-11(14)6-5-10-8-12(15)9-13(10)14/h2-3,10-11,13H,4-9H2,1H3/t10-,11+,13-,14-/m0/s1. The molecular formula is C14H20O. The first-order valence-corrected chi connectivity index (χ1v) is 6.37. The molecule has 0 amide bonds. The van der Waals surface area contributed by atoms with Gasteiger partial charge in [0.05, 0.1) is 0 Å². The third-order valence-electron chi connectivity index (χ3n) is 5.32. The zero-order valence-electron chi connectivity index (χ0n) is 9.54. The summed E-state index contributed by atoms with van der Waals surface area (Å²) < 4.78 is 0. The van der Waals surface area contributed by atoms with Gasteiger partial charge >= 0.3 is 0 Å². The van der Waals surface area contributed by atoms with Crippen molar-refractivity contribution < 1.29 is 4.79 Å². The first kappa shape index (κ1) is 9.62. The molecule has 2 fully saturated rings. The number of ketones is 1. The fourth-order valence-electron chi connectivity index (χ4n) is 4.36. The Morgan fingerprint density at radius 3 is 3.00 bits per heavy atom. The Balaban J connectivity index is 1.93. The number of allylic oxidation sites excluding steroid dienone is 2. The molecule has 2 saturated carbocycles. The summed E-state index contributed by atoms with van der Waals surface area (Å²) >= 11 is 0. The SMILES string of the molecule is C[C@]12CC=CC[C@@H]1CC[C@H]1CC(=O)C[C@@H]12. The van der Waals surface area contributed by atoms with Gasteiger partial charge in [0.25, 0.3) is 0 Å². The van der Waals surface area contributed by atoms with Gasteiger partial charge in [0.2, 0.25) is 0 Å². The molecule has 1 heteroatoms. The third-order valence-corrected chi connectivity index (χ3v) is 5.32. The molecule has 82 valence electrons. The van der Waals surface area contributed by atoms with Crippen molar-refractivity contribution in [2.45, 2.75) is 45.4 Å². The van der Waals surface area contributed by atoms with E-state index in [1.165, 1.54) is 25.7 Å². The number of carbonyl (C=O) groups is 1. The van der Waals surface area contributed by atoms with Crippen molar-refractivity contribution in [1.29, 1.82) is 0 Å². The summed E-state index contributed by atoms with van der Waals surface area (Å²) in [5, 5.41) is 0. The maximum atomic E-state index is 11.6. The van der Waals surface area contributed by atoms with Crippen molar-refractivity contribution in [3.8, 4) is 0 Å². The molecular weight excluding hydrogens is 184 g/mol. The van der Waals surface area contributed by atoms with E-state index in [1.807, 2.05) is 0 Å². The lowest BCUT2D eigenvalue weighted by Gasteiger charge is -2.50. The summed E-state index contributed by atoms with van der Waals surface area (Å²) in [7, 11) is 0. The van der Waals surface area contributed by atoms with E-state index in [0.29, 0.717) is 17.1 Å². The number of hydrogen-bond acceptors (Lipinski definition) is 1. The number of hydrogen-bond donors (Lipinski definition) is 0. The fourth-order valence-corrected chi connectivity index (χ4v) is 4.36. The second-order valence-corrected chi connectivity index (χ2v) is 6.00. The summed E-state index contributed by atoms with van der Waals surface area (Å²) in [4.78, 5) is 11.6. The van der Waals surface area contributed by atoms with Gasteiger partial charge in [-0.05, 0) is 48.9 Å². The summed E-state index contributed by atoms with van der Waals surface area (Å²) in [6, 6.07) is 0. The van der Waals surface area contributed by atoms with Gasteiger partial charge in [-0.15, -0.1) is 0 Å². The summed E-state index contributed by atoms with van der Waals surface area (Å²) in [5.74, 6) is 2.81. The van der Waals surface area contributed by atoms with E-state index >= 15 is 0 Å². The van der Waals surface area contributed by atoms with Crippen molar-refractivity contribution in [3.63, 3.8) is 0 Å². The molecule has 3 aliphatic carbocycles. The van der Waals surface area contributed by atoms with Crippen LogP contribution in [-0.4, -0.2) is 5.78 Å². The lowest BCUT2D eigenvalue weighted by molar-refractivity contribution is -0.118. The van der Waals surface area contributed by atoms with E-state index in [-0.39, 0.29) is 0 Å². The topological polar surface area (TPSA) is 17.1 Å². The van der Waals surface area contributed by atoms with Gasteiger partial charge in [-0.1, -0.05) is 19.1 Å². The van der Waals surface area contributed by atoms with Gasteiger partial charge in [0, 0.05) is 12.8 Å². The van der Waals surface area contributed by atoms with Crippen molar-refractivity contribution in [2.75, 3.05) is 0 Å². The minimum atomic E-state index is 0.448. The number of rotatable bonds is 0. The molecule has 0 aromatic carbocycles. The molecule has 0 aromatic rings. The fraction of sp³-hybridized carbons (Fsp3) is 0.786. The van der Waals surface area contributed by atoms with Crippen molar-refractivity contribution in [2.24, 2.45) is 23.2 Å². The summed E-state index contributed by atoms with van der Waals surface area (Å²) in [5.41, 5.74) is 0.448. The van der Waals surface area contributed by atoms with Gasteiger partial charge in [-0.2, -0.15) is 0 Å². The predicted octanol–water partition coefficient (Wildman–Crippen LogP) is 3.35. The molecule has 4 atom stereocenters. The molecule has 0 bridgehead atoms. The highest BCUT2D eigenvalue weighted by Gasteiger charge is 2.51. The van der Waals surface area contributed by atoms with Gasteiger partial charge in [0.1, 0.15) is 5.78 Å². The van der Waals surface area contributed by atoms with E-state index in [2.05, 4.69) is 19.1 Å². The quantitative estimate of drug-likeness (QED) is 0.553. The second-order valence-electron chi connectivity index (χ2n) is 6.00. The van der Waals surface area contributed by atoms with Crippen LogP contribution >= 0.6 is 0 Å². The predicted molar refractivity (Wildman–Crippen MR) is 60.4 cm³/mol. The van der Waals surface area contributed by atoms with Gasteiger partial charge in [0.15, 0.2) is 0 Å². The zero-order valence-corrected chi connectivity index (χ0v) is 9.54. The van der Waals surface area contributed by atoms with Gasteiger partial charge < -0.3 is 0 Å². The molecule has 0 aliphatic heterocycles. The van der Waals surface area contributed by atoms with Gasteiger partial charge in [-0.25, -0.2) is 0 Å². The van der Waals surface area contributed by atoms with Crippen LogP contribution < -0.4 is 0 Å². The van der Waals surface area contributed by atoms with Crippen LogP contribution in [0.4, 0.5) is 0 Å². The van der Waals surface area contributed by atoms with Crippen LogP contribution in [0.2, 0.25) is 0 Å². The zero-order chi connectivity index (χ0) is 10.5. The largest absolute Gasteiger partial charge is 0.300 e. The highest BCUT2D eigenvalue weighted by Crippen LogP contribution is 2.57. The Labute approximate surface area is 91.9 Å².